The Balaban J connectivity index is 2.29. The quantitative estimate of drug-likeness (QED) is 0.453. The Bertz CT molecular complexity index is 373. The molecule has 0 bridgehead atoms. The molecule has 0 amide bonds. The number of nitrogens with two attached hydrogens (primary N) is 1. The van der Waals surface area contributed by atoms with Crippen LogP contribution in [0.4, 0.5) is 0 Å². The van der Waals surface area contributed by atoms with Crippen LogP contribution in [0.3, 0.4) is 0 Å². The molecule has 1 aliphatic rings. The summed E-state index contributed by atoms with van der Waals surface area (Å²) in [4.78, 5) is 0. The highest BCUT2D eigenvalue weighted by Crippen LogP contribution is 2.34. The van der Waals surface area contributed by atoms with Gasteiger partial charge in [0, 0.05) is 6.54 Å². The second-order valence-electron chi connectivity index (χ2n) is 4.43. The highest BCUT2D eigenvalue weighted by atomic mass is 16.4. The van der Waals surface area contributed by atoms with Gasteiger partial charge in [-0.3, -0.25) is 5.32 Å². The predicted octanol–water partition coefficient (Wildman–Crippen LogP) is -1.26. The fourth-order valence-corrected chi connectivity index (χ4v) is 2.36. The second-order valence-corrected chi connectivity index (χ2v) is 4.43. The Kier molecular flexibility index (Phi) is 3.46. The minimum absolute atomic E-state index is 0.101. The SMILES string of the molecule is NC[C@@]1(O)[C@@H](CO)N[C@@H](c2ccccc2)[C@@H]1O. The van der Waals surface area contributed by atoms with Crippen LogP contribution in [0.25, 0.3) is 0 Å². The summed E-state index contributed by atoms with van der Waals surface area (Å²) in [5.41, 5.74) is 4.88. The van der Waals surface area contributed by atoms with E-state index in [1.807, 2.05) is 30.3 Å². The molecule has 0 aliphatic carbocycles. The number of hydrogen-bond acceptors (Lipinski definition) is 5. The average molecular weight is 238 g/mol. The van der Waals surface area contributed by atoms with Gasteiger partial charge in [-0.1, -0.05) is 30.3 Å². The molecule has 5 nitrogen and oxygen atoms in total. The first-order valence-electron chi connectivity index (χ1n) is 5.66. The first-order valence-corrected chi connectivity index (χ1v) is 5.66. The molecular formula is C12H18N2O3. The molecule has 0 aromatic heterocycles. The molecule has 0 saturated carbocycles. The summed E-state index contributed by atoms with van der Waals surface area (Å²) in [5, 5.41) is 32.7. The highest BCUT2D eigenvalue weighted by molar-refractivity contribution is 5.25. The molecule has 94 valence electrons. The number of rotatable bonds is 3. The van der Waals surface area contributed by atoms with Gasteiger partial charge in [0.15, 0.2) is 0 Å². The fourth-order valence-electron chi connectivity index (χ4n) is 2.36. The van der Waals surface area contributed by atoms with E-state index >= 15 is 0 Å². The van der Waals surface area contributed by atoms with Gasteiger partial charge >= 0.3 is 0 Å². The summed E-state index contributed by atoms with van der Waals surface area (Å²) < 4.78 is 0. The van der Waals surface area contributed by atoms with E-state index in [1.54, 1.807) is 0 Å². The summed E-state index contributed by atoms with van der Waals surface area (Å²) in [6.45, 7) is -0.371. The van der Waals surface area contributed by atoms with E-state index in [0.29, 0.717) is 0 Å². The van der Waals surface area contributed by atoms with Crippen molar-refractivity contribution < 1.29 is 15.3 Å². The zero-order valence-electron chi connectivity index (χ0n) is 9.45. The van der Waals surface area contributed by atoms with E-state index in [9.17, 15) is 15.3 Å². The maximum absolute atomic E-state index is 10.3. The van der Waals surface area contributed by atoms with Crippen LogP contribution in [0.15, 0.2) is 30.3 Å². The van der Waals surface area contributed by atoms with Gasteiger partial charge in [-0.15, -0.1) is 0 Å². The van der Waals surface area contributed by atoms with Crippen molar-refractivity contribution in [1.82, 2.24) is 5.32 Å². The molecule has 1 aromatic rings. The maximum Gasteiger partial charge on any atom is 0.122 e. The van der Waals surface area contributed by atoms with E-state index < -0.39 is 23.8 Å². The Morgan fingerprint density at radius 1 is 1.29 bits per heavy atom. The lowest BCUT2D eigenvalue weighted by Crippen LogP contribution is -2.55. The molecule has 1 aliphatic heterocycles. The Hall–Kier alpha value is -0.980. The molecule has 1 saturated heterocycles. The molecular weight excluding hydrogens is 220 g/mol. The van der Waals surface area contributed by atoms with Crippen LogP contribution in [-0.4, -0.2) is 46.2 Å². The third-order valence-corrected chi connectivity index (χ3v) is 3.48. The predicted molar refractivity (Wildman–Crippen MR) is 63.2 cm³/mol. The van der Waals surface area contributed by atoms with Crippen molar-refractivity contribution in [3.63, 3.8) is 0 Å². The van der Waals surface area contributed by atoms with E-state index in [-0.39, 0.29) is 13.2 Å². The van der Waals surface area contributed by atoms with Gasteiger partial charge in [0.05, 0.1) is 18.7 Å². The van der Waals surface area contributed by atoms with E-state index in [1.165, 1.54) is 0 Å². The number of benzene rings is 1. The first-order chi connectivity index (χ1) is 8.13. The van der Waals surface area contributed by atoms with Gasteiger partial charge in [0.1, 0.15) is 11.7 Å². The van der Waals surface area contributed by atoms with Crippen molar-refractivity contribution in [2.24, 2.45) is 5.73 Å². The van der Waals surface area contributed by atoms with Gasteiger partial charge in [-0.25, -0.2) is 0 Å². The summed E-state index contributed by atoms with van der Waals surface area (Å²) in [6.07, 6.45) is -1.04. The molecule has 4 atom stereocenters. The first kappa shape index (κ1) is 12.5. The fraction of sp³-hybridized carbons (Fsp3) is 0.500. The van der Waals surface area contributed by atoms with Crippen LogP contribution in [0, 0.1) is 0 Å². The normalized spacial score (nSPS) is 37.3. The lowest BCUT2D eigenvalue weighted by atomic mass is 9.89. The summed E-state index contributed by atoms with van der Waals surface area (Å²) in [5.74, 6) is 0. The van der Waals surface area contributed by atoms with Gasteiger partial charge in [0.2, 0.25) is 0 Å². The second kappa shape index (κ2) is 4.72. The molecule has 0 spiro atoms. The molecule has 1 aromatic carbocycles. The summed E-state index contributed by atoms with van der Waals surface area (Å²) in [6, 6.07) is 8.28. The van der Waals surface area contributed by atoms with Crippen LogP contribution in [0.5, 0.6) is 0 Å². The maximum atomic E-state index is 10.3. The molecule has 17 heavy (non-hydrogen) atoms. The molecule has 5 heteroatoms. The van der Waals surface area contributed by atoms with E-state index in [2.05, 4.69) is 5.32 Å². The van der Waals surface area contributed by atoms with Crippen LogP contribution < -0.4 is 11.1 Å². The number of nitrogens with one attached hydrogen (secondary N) is 1. The van der Waals surface area contributed by atoms with Crippen molar-refractivity contribution in [2.45, 2.75) is 23.8 Å². The summed E-state index contributed by atoms with van der Waals surface area (Å²) in [7, 11) is 0. The van der Waals surface area contributed by atoms with Crippen molar-refractivity contribution in [3.8, 4) is 0 Å². The lowest BCUT2D eigenvalue weighted by Gasteiger charge is -2.29. The van der Waals surface area contributed by atoms with Crippen LogP contribution in [-0.2, 0) is 0 Å². The van der Waals surface area contributed by atoms with Crippen LogP contribution >= 0.6 is 0 Å². The number of hydrogen-bond donors (Lipinski definition) is 5. The number of aliphatic hydroxyl groups is 3. The smallest absolute Gasteiger partial charge is 0.122 e. The minimum atomic E-state index is -1.49. The molecule has 6 N–H and O–H groups in total. The third kappa shape index (κ3) is 1.96. The molecule has 2 rings (SSSR count). The zero-order valence-corrected chi connectivity index (χ0v) is 9.45. The van der Waals surface area contributed by atoms with Crippen molar-refractivity contribution in [1.29, 1.82) is 0 Å². The standard InChI is InChI=1S/C12H18N2O3/c13-7-12(17)9(6-15)14-10(11(12)16)8-4-2-1-3-5-8/h1-5,9-11,14-17H,6-7,13H2/t9-,10+,11+,12-/m1/s1. The van der Waals surface area contributed by atoms with Gasteiger partial charge in [-0.05, 0) is 5.56 Å². The number of aliphatic hydroxyl groups excluding tert-OH is 2. The molecule has 0 radical (unpaired) electrons. The Morgan fingerprint density at radius 3 is 2.41 bits per heavy atom. The largest absolute Gasteiger partial charge is 0.395 e. The Morgan fingerprint density at radius 2 is 1.94 bits per heavy atom. The van der Waals surface area contributed by atoms with Gasteiger partial charge < -0.3 is 21.1 Å². The molecule has 1 fully saturated rings. The summed E-state index contributed by atoms with van der Waals surface area (Å²) >= 11 is 0. The third-order valence-electron chi connectivity index (χ3n) is 3.48. The minimum Gasteiger partial charge on any atom is -0.395 e. The van der Waals surface area contributed by atoms with Gasteiger partial charge in [-0.2, -0.15) is 0 Å². The van der Waals surface area contributed by atoms with E-state index in [4.69, 9.17) is 5.73 Å². The van der Waals surface area contributed by atoms with Crippen molar-refractivity contribution in [2.75, 3.05) is 13.2 Å². The Labute approximate surface area is 99.9 Å². The van der Waals surface area contributed by atoms with E-state index in [0.717, 1.165) is 5.56 Å². The van der Waals surface area contributed by atoms with Crippen molar-refractivity contribution in [3.05, 3.63) is 35.9 Å². The highest BCUT2D eigenvalue weighted by Gasteiger charge is 2.52. The monoisotopic (exact) mass is 238 g/mol. The lowest BCUT2D eigenvalue weighted by molar-refractivity contribution is -0.0678. The van der Waals surface area contributed by atoms with Crippen LogP contribution in [0.1, 0.15) is 11.6 Å². The topological polar surface area (TPSA) is 98.7 Å². The van der Waals surface area contributed by atoms with Gasteiger partial charge in [0.25, 0.3) is 0 Å². The zero-order chi connectivity index (χ0) is 12.5. The molecule has 0 unspecified atom stereocenters. The van der Waals surface area contributed by atoms with Crippen molar-refractivity contribution >= 4 is 0 Å². The average Bonchev–Trinajstić information content (AvgIpc) is 2.64. The van der Waals surface area contributed by atoms with Crippen LogP contribution in [0.2, 0.25) is 0 Å². The molecule has 1 heterocycles.